The zero-order valence-electron chi connectivity index (χ0n) is 2.39. The number of rotatable bonds is 0. The summed E-state index contributed by atoms with van der Waals surface area (Å²) in [4.78, 5) is 0. The van der Waals surface area contributed by atoms with Crippen molar-refractivity contribution in [1.82, 2.24) is 0 Å². The summed E-state index contributed by atoms with van der Waals surface area (Å²) in [7, 11) is 0. The topological polar surface area (TPSA) is 40.1 Å². The van der Waals surface area contributed by atoms with Crippen LogP contribution < -0.4 is 23.0 Å². The third-order valence-corrected chi connectivity index (χ3v) is 0. The molecule has 0 atom stereocenters. The van der Waals surface area contributed by atoms with Gasteiger partial charge in [-0.3, -0.25) is 0 Å². The molecule has 0 N–H and O–H groups in total. The van der Waals surface area contributed by atoms with E-state index in [0.717, 1.165) is 0 Å². The van der Waals surface area contributed by atoms with Crippen molar-refractivity contribution in [3.05, 3.63) is 0 Å². The van der Waals surface area contributed by atoms with E-state index in [1.807, 2.05) is 0 Å². The maximum absolute atomic E-state index is 8.53. The van der Waals surface area contributed by atoms with E-state index in [1.54, 1.807) is 0 Å². The molecule has 0 aliphatic heterocycles. The van der Waals surface area contributed by atoms with Crippen molar-refractivity contribution in [1.29, 1.82) is 0 Å². The van der Waals surface area contributed by atoms with Crippen LogP contribution in [0.5, 0.6) is 0 Å². The third kappa shape index (κ3) is 15.1. The second-order valence-corrected chi connectivity index (χ2v) is 0.500. The van der Waals surface area contributed by atoms with Gasteiger partial charge in [-0.1, -0.05) is 0 Å². The van der Waals surface area contributed by atoms with Gasteiger partial charge in [-0.15, -0.1) is 0 Å². The molecule has 0 saturated carbocycles. The Morgan fingerprint density at radius 3 is 1.75 bits per heavy atom. The summed E-state index contributed by atoms with van der Waals surface area (Å²) in [6.07, 6.45) is 0. The van der Waals surface area contributed by atoms with Crippen LogP contribution in [0.25, 0.3) is 0 Å². The SMILES string of the molecule is [Li+].[O]=[GeH][O-]. The molecule has 0 aromatic carbocycles. The molecular weight excluding hydrogens is 112 g/mol. The van der Waals surface area contributed by atoms with Gasteiger partial charge in [-0.05, 0) is 0 Å². The molecular formula is HGeLiO2. The Morgan fingerprint density at radius 1 is 1.75 bits per heavy atom. The average Bonchev–Trinajstić information content (AvgIpc) is 0.918. The van der Waals surface area contributed by atoms with E-state index in [9.17, 15) is 0 Å². The van der Waals surface area contributed by atoms with E-state index in [-0.39, 0.29) is 18.9 Å². The van der Waals surface area contributed by atoms with Gasteiger partial charge in [0.05, 0.1) is 0 Å². The number of hydrogen-bond acceptors (Lipinski definition) is 2. The van der Waals surface area contributed by atoms with Gasteiger partial charge in [-0.2, -0.15) is 0 Å². The third-order valence-electron chi connectivity index (χ3n) is 0. The Kier molecular flexibility index (Phi) is 20.5. The van der Waals surface area contributed by atoms with Crippen LogP contribution in [0.15, 0.2) is 0 Å². The molecule has 0 radical (unpaired) electrons. The van der Waals surface area contributed by atoms with Gasteiger partial charge >= 0.3 is 42.5 Å². The van der Waals surface area contributed by atoms with Crippen LogP contribution in [-0.2, 0) is 3.78 Å². The predicted octanol–water partition coefficient (Wildman–Crippen LogP) is -4.95. The van der Waals surface area contributed by atoms with Gasteiger partial charge in [-0.25, -0.2) is 0 Å². The summed E-state index contributed by atoms with van der Waals surface area (Å²) in [5, 5.41) is 0. The fraction of sp³-hybridized carbons (Fsp3) is 0. The summed E-state index contributed by atoms with van der Waals surface area (Å²) < 4.78 is 17.1. The first-order valence-corrected chi connectivity index (χ1v) is 2.45. The van der Waals surface area contributed by atoms with Crippen molar-refractivity contribution in [2.75, 3.05) is 0 Å². The Labute approximate surface area is 42.8 Å². The fourth-order valence-electron chi connectivity index (χ4n) is 0. The van der Waals surface area contributed by atoms with Gasteiger partial charge in [0.25, 0.3) is 0 Å². The molecule has 0 unspecified atom stereocenters. The van der Waals surface area contributed by atoms with E-state index in [4.69, 9.17) is 7.91 Å². The Balaban J connectivity index is 0. The van der Waals surface area contributed by atoms with Crippen LogP contribution >= 0.6 is 0 Å². The second-order valence-electron chi connectivity index (χ2n) is 0.0962. The standard InChI is InChI=1S/GeHO2.Li/c2-1-3;/h1H;/q-1;+1. The van der Waals surface area contributed by atoms with Crippen LogP contribution in [0.2, 0.25) is 0 Å². The molecule has 0 rings (SSSR count). The Morgan fingerprint density at radius 2 is 1.75 bits per heavy atom. The van der Waals surface area contributed by atoms with Crippen molar-refractivity contribution in [3.8, 4) is 0 Å². The van der Waals surface area contributed by atoms with E-state index < -0.39 is 15.7 Å². The quantitative estimate of drug-likeness (QED) is 0.295. The van der Waals surface area contributed by atoms with Gasteiger partial charge in [0.15, 0.2) is 0 Å². The molecule has 2 nitrogen and oxygen atoms in total. The molecule has 0 bridgehead atoms. The molecule has 0 aliphatic carbocycles. The summed E-state index contributed by atoms with van der Waals surface area (Å²) in [6, 6.07) is 0. The van der Waals surface area contributed by atoms with Crippen LogP contribution in [0.1, 0.15) is 0 Å². The first-order chi connectivity index (χ1) is 1.41. The van der Waals surface area contributed by atoms with Gasteiger partial charge in [0.1, 0.15) is 0 Å². The van der Waals surface area contributed by atoms with E-state index >= 15 is 0 Å². The molecule has 0 heterocycles. The maximum atomic E-state index is 8.53. The Bertz CT molecular complexity index is 13.5. The summed E-state index contributed by atoms with van der Waals surface area (Å²) in [5.41, 5.74) is 0. The molecule has 0 spiro atoms. The molecule has 0 fully saturated rings. The summed E-state index contributed by atoms with van der Waals surface area (Å²) in [5.74, 6) is 0. The minimum atomic E-state index is -2.19. The molecule has 0 saturated heterocycles. The average molecular weight is 113 g/mol. The summed E-state index contributed by atoms with van der Waals surface area (Å²) >= 11 is -2.19. The van der Waals surface area contributed by atoms with Crippen molar-refractivity contribution < 1.29 is 26.8 Å². The van der Waals surface area contributed by atoms with Crippen LogP contribution in [0.4, 0.5) is 0 Å². The fourth-order valence-corrected chi connectivity index (χ4v) is 0. The zero-order chi connectivity index (χ0) is 2.71. The van der Waals surface area contributed by atoms with Gasteiger partial charge < -0.3 is 0 Å². The minimum absolute atomic E-state index is 0. The molecule has 0 aromatic heterocycles. The van der Waals surface area contributed by atoms with Crippen molar-refractivity contribution in [2.24, 2.45) is 0 Å². The predicted molar refractivity (Wildman–Crippen MR) is 7.84 cm³/mol. The second kappa shape index (κ2) is 9.27. The first kappa shape index (κ1) is 8.83. The summed E-state index contributed by atoms with van der Waals surface area (Å²) in [6.45, 7) is 0. The molecule has 18 valence electrons. The van der Waals surface area contributed by atoms with Crippen molar-refractivity contribution in [3.63, 3.8) is 0 Å². The molecule has 4 heavy (non-hydrogen) atoms. The molecule has 0 aromatic rings. The van der Waals surface area contributed by atoms with Crippen LogP contribution in [0, 0.1) is 0 Å². The van der Waals surface area contributed by atoms with Crippen LogP contribution in [0.3, 0.4) is 0 Å². The van der Waals surface area contributed by atoms with E-state index in [2.05, 4.69) is 0 Å². The van der Waals surface area contributed by atoms with Gasteiger partial charge in [0, 0.05) is 0 Å². The number of hydrogen-bond donors (Lipinski definition) is 0. The molecule has 0 amide bonds. The Hall–Kier alpha value is 0.740. The van der Waals surface area contributed by atoms with Crippen molar-refractivity contribution in [2.45, 2.75) is 0 Å². The molecule has 0 aliphatic rings. The monoisotopic (exact) mass is 114 g/mol. The molecule has 4 heteroatoms. The zero-order valence-corrected chi connectivity index (χ0v) is 4.82. The normalized spacial score (nSPS) is 3.00. The van der Waals surface area contributed by atoms with Gasteiger partial charge in [0.2, 0.25) is 0 Å². The van der Waals surface area contributed by atoms with Crippen molar-refractivity contribution >= 4 is 15.7 Å². The van der Waals surface area contributed by atoms with E-state index in [1.165, 1.54) is 0 Å². The van der Waals surface area contributed by atoms with Crippen LogP contribution in [-0.4, -0.2) is 15.7 Å². The van der Waals surface area contributed by atoms with E-state index in [0.29, 0.717) is 0 Å². The first-order valence-electron chi connectivity index (χ1n) is 0.471.